The quantitative estimate of drug-likeness (QED) is 0.573. The van der Waals surface area contributed by atoms with E-state index in [1.54, 1.807) is 4.90 Å². The van der Waals surface area contributed by atoms with Gasteiger partial charge in [-0.15, -0.1) is 0 Å². The number of carbonyl (C=O) groups is 1. The Kier molecular flexibility index (Phi) is 5.70. The van der Waals surface area contributed by atoms with Crippen molar-refractivity contribution in [1.29, 1.82) is 0 Å². The van der Waals surface area contributed by atoms with E-state index < -0.39 is 23.3 Å². The van der Waals surface area contributed by atoms with E-state index in [4.69, 9.17) is 4.74 Å². The van der Waals surface area contributed by atoms with Crippen molar-refractivity contribution >= 4 is 34.2 Å². The first kappa shape index (κ1) is 21.7. The maximum atomic E-state index is 15.3. The summed E-state index contributed by atoms with van der Waals surface area (Å²) < 4.78 is 22.8. The average Bonchev–Trinajstić information content (AvgIpc) is 3.10. The molecule has 160 valence electrons. The molecule has 2 aromatic carbocycles. The van der Waals surface area contributed by atoms with E-state index >= 15 is 4.39 Å². The van der Waals surface area contributed by atoms with Gasteiger partial charge < -0.3 is 14.7 Å². The average molecular weight is 523 g/mol. The number of fused-ring (bicyclic) bond motifs is 2. The molecule has 0 aromatic heterocycles. The molecule has 1 N–H and O–H groups in total. The Morgan fingerprint density at radius 1 is 1.23 bits per heavy atom. The van der Waals surface area contributed by atoms with E-state index in [0.717, 1.165) is 20.4 Å². The lowest BCUT2D eigenvalue weighted by molar-refractivity contribution is -0.146. The Bertz CT molecular complexity index is 959. The molecular weight excluding hydrogens is 496 g/mol. The Morgan fingerprint density at radius 2 is 1.97 bits per heavy atom. The minimum atomic E-state index is -1.54. The summed E-state index contributed by atoms with van der Waals surface area (Å²) in [6.07, 6.45) is -0.226. The Morgan fingerprint density at radius 3 is 2.63 bits per heavy atom. The molecule has 1 amide bonds. The van der Waals surface area contributed by atoms with Crippen LogP contribution >= 0.6 is 22.6 Å². The summed E-state index contributed by atoms with van der Waals surface area (Å²) in [6.45, 7) is 5.31. The highest BCUT2D eigenvalue weighted by Crippen LogP contribution is 2.58. The van der Waals surface area contributed by atoms with Crippen molar-refractivity contribution in [3.05, 3.63) is 63.2 Å². The molecule has 2 aliphatic heterocycles. The number of benzene rings is 2. The number of rotatable bonds is 5. The van der Waals surface area contributed by atoms with Crippen molar-refractivity contribution in [3.63, 3.8) is 0 Å². The van der Waals surface area contributed by atoms with E-state index in [9.17, 15) is 9.90 Å². The van der Waals surface area contributed by atoms with Crippen LogP contribution in [0.5, 0.6) is 0 Å². The van der Waals surface area contributed by atoms with Crippen LogP contribution in [0.2, 0.25) is 0 Å². The number of nitrogens with zero attached hydrogens (tertiary/aromatic N) is 1. The van der Waals surface area contributed by atoms with Crippen molar-refractivity contribution in [1.82, 2.24) is 0 Å². The molecule has 1 saturated heterocycles. The SMILES string of the molecule is C[C@H]1[C@H](C(C)(C)F)[C@@H](CCO)O[C@]12C(=O)N(Cc1cccc(I)c1)c1ccccc12. The highest BCUT2D eigenvalue weighted by molar-refractivity contribution is 14.1. The number of para-hydroxylation sites is 1. The number of hydrogen-bond donors (Lipinski definition) is 1. The molecule has 2 aromatic rings. The van der Waals surface area contributed by atoms with E-state index in [2.05, 4.69) is 28.7 Å². The summed E-state index contributed by atoms with van der Waals surface area (Å²) in [6, 6.07) is 15.7. The van der Waals surface area contributed by atoms with Gasteiger partial charge in [0.1, 0.15) is 5.67 Å². The number of anilines is 1. The number of hydrogen-bond acceptors (Lipinski definition) is 3. The van der Waals surface area contributed by atoms with Crippen molar-refractivity contribution in [2.75, 3.05) is 11.5 Å². The Hall–Kier alpha value is -1.51. The molecule has 2 heterocycles. The molecule has 0 aliphatic carbocycles. The fourth-order valence-corrected chi connectivity index (χ4v) is 5.98. The molecule has 2 aliphatic rings. The second kappa shape index (κ2) is 7.88. The van der Waals surface area contributed by atoms with Crippen LogP contribution in [0.15, 0.2) is 48.5 Å². The van der Waals surface area contributed by atoms with Crippen LogP contribution in [0.1, 0.15) is 38.3 Å². The number of amides is 1. The molecular formula is C24H27FINO3. The lowest BCUT2D eigenvalue weighted by Crippen LogP contribution is -2.45. The fourth-order valence-electron chi connectivity index (χ4n) is 5.37. The molecule has 4 atom stereocenters. The topological polar surface area (TPSA) is 49.8 Å². The van der Waals surface area contributed by atoms with Gasteiger partial charge in [0, 0.05) is 27.6 Å². The maximum absolute atomic E-state index is 15.3. The molecule has 4 nitrogen and oxygen atoms in total. The summed E-state index contributed by atoms with van der Waals surface area (Å²) in [7, 11) is 0. The standard InChI is InChI=1S/C24H27FINO3/c1-15-21(23(2,3)25)20(11-12-28)30-24(15)18-9-4-5-10-19(18)27(22(24)29)14-16-7-6-8-17(26)13-16/h4-10,13,15,20-21,28H,11-12,14H2,1-3H3/t15-,20+,21-,24+/m0/s1. The van der Waals surface area contributed by atoms with Gasteiger partial charge in [0.05, 0.1) is 18.3 Å². The van der Waals surface area contributed by atoms with Gasteiger partial charge in [-0.05, 0) is 66.6 Å². The molecule has 0 unspecified atom stereocenters. The minimum absolute atomic E-state index is 0.109. The number of ether oxygens (including phenoxy) is 1. The molecule has 0 bridgehead atoms. The van der Waals surface area contributed by atoms with Gasteiger partial charge in [0.15, 0.2) is 5.60 Å². The zero-order chi connectivity index (χ0) is 21.7. The number of aliphatic hydroxyl groups excluding tert-OH is 1. The van der Waals surface area contributed by atoms with Crippen molar-refractivity contribution in [2.24, 2.45) is 11.8 Å². The third kappa shape index (κ3) is 3.37. The van der Waals surface area contributed by atoms with Crippen LogP contribution in [-0.4, -0.2) is 29.4 Å². The lowest BCUT2D eigenvalue weighted by atomic mass is 9.71. The van der Waals surface area contributed by atoms with Crippen LogP contribution in [0, 0.1) is 15.4 Å². The minimum Gasteiger partial charge on any atom is -0.396 e. The monoisotopic (exact) mass is 523 g/mol. The van der Waals surface area contributed by atoms with Crippen molar-refractivity contribution < 1.29 is 19.0 Å². The lowest BCUT2D eigenvalue weighted by Gasteiger charge is -2.32. The van der Waals surface area contributed by atoms with Crippen LogP contribution in [-0.2, 0) is 21.7 Å². The van der Waals surface area contributed by atoms with Gasteiger partial charge in [-0.2, -0.15) is 0 Å². The van der Waals surface area contributed by atoms with Crippen LogP contribution in [0.4, 0.5) is 10.1 Å². The maximum Gasteiger partial charge on any atom is 0.264 e. The first-order valence-electron chi connectivity index (χ1n) is 10.3. The second-order valence-corrected chi connectivity index (χ2v) is 10.1. The second-order valence-electron chi connectivity index (χ2n) is 8.82. The summed E-state index contributed by atoms with van der Waals surface area (Å²) in [5, 5.41) is 9.56. The number of alkyl halides is 1. The largest absolute Gasteiger partial charge is 0.396 e. The van der Waals surface area contributed by atoms with E-state index in [1.807, 2.05) is 49.4 Å². The molecule has 30 heavy (non-hydrogen) atoms. The Labute approximate surface area is 190 Å². The normalized spacial score (nSPS) is 28.4. The van der Waals surface area contributed by atoms with E-state index in [1.165, 1.54) is 13.8 Å². The van der Waals surface area contributed by atoms with Crippen LogP contribution in [0.3, 0.4) is 0 Å². The summed E-state index contributed by atoms with van der Waals surface area (Å²) in [4.78, 5) is 15.7. The number of halogens is 2. The fraction of sp³-hybridized carbons (Fsp3) is 0.458. The van der Waals surface area contributed by atoms with Crippen LogP contribution < -0.4 is 4.90 Å². The van der Waals surface area contributed by atoms with Gasteiger partial charge in [-0.25, -0.2) is 4.39 Å². The molecule has 6 heteroatoms. The molecule has 0 radical (unpaired) electrons. The van der Waals surface area contributed by atoms with Gasteiger partial charge >= 0.3 is 0 Å². The van der Waals surface area contributed by atoms with Crippen molar-refractivity contribution in [3.8, 4) is 0 Å². The summed E-state index contributed by atoms with van der Waals surface area (Å²) in [5.41, 5.74) is -0.133. The Balaban J connectivity index is 1.80. The smallest absolute Gasteiger partial charge is 0.264 e. The molecule has 1 fully saturated rings. The molecule has 1 spiro atoms. The van der Waals surface area contributed by atoms with Crippen molar-refractivity contribution in [2.45, 2.75) is 51.1 Å². The zero-order valence-electron chi connectivity index (χ0n) is 17.4. The first-order valence-corrected chi connectivity index (χ1v) is 11.4. The highest BCUT2D eigenvalue weighted by atomic mass is 127. The first-order chi connectivity index (χ1) is 14.2. The van der Waals surface area contributed by atoms with Gasteiger partial charge in [0.25, 0.3) is 5.91 Å². The summed E-state index contributed by atoms with van der Waals surface area (Å²) >= 11 is 2.26. The predicted molar refractivity (Wildman–Crippen MR) is 123 cm³/mol. The van der Waals surface area contributed by atoms with Crippen LogP contribution in [0.25, 0.3) is 0 Å². The van der Waals surface area contributed by atoms with E-state index in [0.29, 0.717) is 13.0 Å². The van der Waals surface area contributed by atoms with E-state index in [-0.39, 0.29) is 18.4 Å². The predicted octanol–water partition coefficient (Wildman–Crippen LogP) is 4.81. The number of carbonyl (C=O) groups excluding carboxylic acids is 1. The third-order valence-electron chi connectivity index (χ3n) is 6.51. The highest BCUT2D eigenvalue weighted by Gasteiger charge is 2.65. The van der Waals surface area contributed by atoms with Gasteiger partial charge in [-0.1, -0.05) is 37.3 Å². The summed E-state index contributed by atoms with van der Waals surface area (Å²) in [5.74, 6) is -1.02. The zero-order valence-corrected chi connectivity index (χ0v) is 19.6. The number of aliphatic hydroxyl groups is 1. The molecule has 4 rings (SSSR count). The van der Waals surface area contributed by atoms with Gasteiger partial charge in [0.2, 0.25) is 0 Å². The molecule has 0 saturated carbocycles. The third-order valence-corrected chi connectivity index (χ3v) is 7.18. The van der Waals surface area contributed by atoms with Gasteiger partial charge in [-0.3, -0.25) is 4.79 Å².